The molecule has 0 atom stereocenters. The maximum Gasteiger partial charge on any atom is 0.275 e. The number of fused-ring (bicyclic) bond motifs is 2. The molecule has 1 aliphatic heterocycles. The van der Waals surface area contributed by atoms with Crippen LogP contribution < -0.4 is 10.9 Å². The van der Waals surface area contributed by atoms with E-state index in [0.717, 1.165) is 53.1 Å². The van der Waals surface area contributed by atoms with Gasteiger partial charge in [0.1, 0.15) is 5.01 Å². The minimum absolute atomic E-state index is 0.103. The second kappa shape index (κ2) is 6.00. The third-order valence-electron chi connectivity index (χ3n) is 4.89. The Morgan fingerprint density at radius 1 is 1.19 bits per heavy atom. The summed E-state index contributed by atoms with van der Waals surface area (Å²) < 4.78 is 3.21. The van der Waals surface area contributed by atoms with Gasteiger partial charge in [-0.2, -0.15) is 14.7 Å². The van der Waals surface area contributed by atoms with Crippen LogP contribution in [0.3, 0.4) is 0 Å². The topological polar surface area (TPSA) is 77.1 Å². The van der Waals surface area contributed by atoms with E-state index in [9.17, 15) is 4.79 Å². The van der Waals surface area contributed by atoms with Gasteiger partial charge in [-0.1, -0.05) is 11.3 Å². The number of nitrogens with one attached hydrogen (secondary N) is 1. The predicted molar refractivity (Wildman–Crippen MR) is 102 cm³/mol. The Morgan fingerprint density at radius 2 is 2.04 bits per heavy atom. The molecule has 0 saturated carbocycles. The second-order valence-electron chi connectivity index (χ2n) is 6.72. The lowest BCUT2D eigenvalue weighted by molar-refractivity contribution is 0.453. The minimum atomic E-state index is -0.103. The molecular weight excluding hydrogens is 348 g/mol. The number of aryl methyl sites for hydroxylation is 1. The summed E-state index contributed by atoms with van der Waals surface area (Å²) in [5.74, 6) is 0.353. The molecular formula is C18H18N6OS. The first-order valence-electron chi connectivity index (χ1n) is 8.73. The highest BCUT2D eigenvalue weighted by molar-refractivity contribution is 7.19. The van der Waals surface area contributed by atoms with Crippen LogP contribution >= 0.6 is 11.3 Å². The summed E-state index contributed by atoms with van der Waals surface area (Å²) in [5, 5.41) is 14.1. The zero-order chi connectivity index (χ0) is 17.7. The Bertz CT molecular complexity index is 1170. The lowest BCUT2D eigenvalue weighted by Crippen LogP contribution is -2.28. The van der Waals surface area contributed by atoms with Crippen molar-refractivity contribution in [2.45, 2.75) is 18.8 Å². The summed E-state index contributed by atoms with van der Waals surface area (Å²) in [7, 11) is 1.91. The van der Waals surface area contributed by atoms with E-state index in [1.807, 2.05) is 25.4 Å². The van der Waals surface area contributed by atoms with Gasteiger partial charge in [-0.05, 0) is 44.1 Å². The molecule has 4 aromatic rings. The molecule has 8 heteroatoms. The first-order valence-corrected chi connectivity index (χ1v) is 9.54. The van der Waals surface area contributed by atoms with E-state index in [1.165, 1.54) is 15.9 Å². The predicted octanol–water partition coefficient (Wildman–Crippen LogP) is 2.17. The Labute approximate surface area is 153 Å². The Morgan fingerprint density at radius 3 is 2.88 bits per heavy atom. The van der Waals surface area contributed by atoms with Crippen molar-refractivity contribution in [2.24, 2.45) is 7.05 Å². The lowest BCUT2D eigenvalue weighted by Gasteiger charge is -2.21. The summed E-state index contributed by atoms with van der Waals surface area (Å²) in [6, 6.07) is 7.68. The van der Waals surface area contributed by atoms with Crippen LogP contribution in [0.15, 0.2) is 35.3 Å². The van der Waals surface area contributed by atoms with E-state index in [2.05, 4.69) is 21.6 Å². The van der Waals surface area contributed by atoms with E-state index >= 15 is 0 Å². The number of rotatable bonds is 2. The molecule has 1 N–H and O–H groups in total. The fourth-order valence-corrected chi connectivity index (χ4v) is 4.46. The fourth-order valence-electron chi connectivity index (χ4n) is 3.55. The van der Waals surface area contributed by atoms with Crippen molar-refractivity contribution in [2.75, 3.05) is 13.1 Å². The molecule has 3 aromatic heterocycles. The largest absolute Gasteiger partial charge is 0.317 e. The van der Waals surface area contributed by atoms with Gasteiger partial charge in [-0.3, -0.25) is 9.48 Å². The van der Waals surface area contributed by atoms with Gasteiger partial charge in [-0.25, -0.2) is 4.98 Å². The van der Waals surface area contributed by atoms with Crippen molar-refractivity contribution in [1.82, 2.24) is 29.7 Å². The molecule has 0 bridgehead atoms. The van der Waals surface area contributed by atoms with Crippen LogP contribution in [0.2, 0.25) is 0 Å². The molecule has 1 aliphatic rings. The third kappa shape index (κ3) is 2.62. The Balaban J connectivity index is 1.59. The SMILES string of the molecule is Cn1cc2cc(-c3nn4c(=O)cc(C5CCNCC5)nc4s3)ccc2n1. The van der Waals surface area contributed by atoms with Crippen LogP contribution in [0.4, 0.5) is 0 Å². The van der Waals surface area contributed by atoms with Crippen molar-refractivity contribution in [3.63, 3.8) is 0 Å². The molecule has 4 heterocycles. The first-order chi connectivity index (χ1) is 12.7. The molecule has 26 heavy (non-hydrogen) atoms. The van der Waals surface area contributed by atoms with E-state index < -0.39 is 0 Å². The second-order valence-corrected chi connectivity index (χ2v) is 7.68. The summed E-state index contributed by atoms with van der Waals surface area (Å²) in [6.07, 6.45) is 4.02. The Hall–Kier alpha value is -2.58. The zero-order valence-electron chi connectivity index (χ0n) is 14.3. The van der Waals surface area contributed by atoms with E-state index in [1.54, 1.807) is 10.7 Å². The first kappa shape index (κ1) is 15.7. The molecule has 132 valence electrons. The molecule has 0 aliphatic carbocycles. The molecule has 0 radical (unpaired) electrons. The van der Waals surface area contributed by atoms with Gasteiger partial charge in [0.15, 0.2) is 0 Å². The fraction of sp³-hybridized carbons (Fsp3) is 0.333. The summed E-state index contributed by atoms with van der Waals surface area (Å²) in [5.41, 5.74) is 2.72. The average Bonchev–Trinajstić information content (AvgIpc) is 3.24. The number of benzene rings is 1. The number of hydrogen-bond acceptors (Lipinski definition) is 6. The van der Waals surface area contributed by atoms with Crippen molar-refractivity contribution >= 4 is 27.2 Å². The molecule has 7 nitrogen and oxygen atoms in total. The molecule has 1 fully saturated rings. The zero-order valence-corrected chi connectivity index (χ0v) is 15.2. The van der Waals surface area contributed by atoms with Gasteiger partial charge >= 0.3 is 0 Å². The smallest absolute Gasteiger partial charge is 0.275 e. The monoisotopic (exact) mass is 366 g/mol. The van der Waals surface area contributed by atoms with Gasteiger partial charge in [0.05, 0.1) is 11.2 Å². The van der Waals surface area contributed by atoms with E-state index in [0.29, 0.717) is 10.9 Å². The van der Waals surface area contributed by atoms with Crippen LogP contribution in [-0.4, -0.2) is 37.5 Å². The number of piperidine rings is 1. The molecule has 5 rings (SSSR count). The van der Waals surface area contributed by atoms with E-state index in [4.69, 9.17) is 4.98 Å². The van der Waals surface area contributed by atoms with Crippen molar-refractivity contribution in [3.8, 4) is 10.6 Å². The molecule has 0 amide bonds. The average molecular weight is 366 g/mol. The highest BCUT2D eigenvalue weighted by Gasteiger charge is 2.19. The quantitative estimate of drug-likeness (QED) is 0.588. The Kier molecular flexibility index (Phi) is 3.61. The molecule has 1 aromatic carbocycles. The molecule has 0 spiro atoms. The van der Waals surface area contributed by atoms with Crippen molar-refractivity contribution in [1.29, 1.82) is 0 Å². The van der Waals surface area contributed by atoms with Gasteiger partial charge in [-0.15, -0.1) is 0 Å². The summed E-state index contributed by atoms with van der Waals surface area (Å²) in [6.45, 7) is 1.95. The summed E-state index contributed by atoms with van der Waals surface area (Å²) in [4.78, 5) is 17.9. The van der Waals surface area contributed by atoms with Crippen LogP contribution in [-0.2, 0) is 7.05 Å². The van der Waals surface area contributed by atoms with Gasteiger partial charge in [0.2, 0.25) is 4.96 Å². The highest BCUT2D eigenvalue weighted by atomic mass is 32.1. The van der Waals surface area contributed by atoms with Gasteiger partial charge < -0.3 is 5.32 Å². The van der Waals surface area contributed by atoms with Crippen molar-refractivity contribution in [3.05, 3.63) is 46.5 Å². The van der Waals surface area contributed by atoms with E-state index in [-0.39, 0.29) is 5.56 Å². The van der Waals surface area contributed by atoms with Crippen LogP contribution in [0.25, 0.3) is 26.4 Å². The molecule has 1 saturated heterocycles. The van der Waals surface area contributed by atoms with Crippen LogP contribution in [0, 0.1) is 0 Å². The number of aromatic nitrogens is 5. The number of nitrogens with zero attached hydrogens (tertiary/aromatic N) is 5. The number of hydrogen-bond donors (Lipinski definition) is 1. The maximum absolute atomic E-state index is 12.5. The van der Waals surface area contributed by atoms with Crippen LogP contribution in [0.1, 0.15) is 24.5 Å². The van der Waals surface area contributed by atoms with Crippen molar-refractivity contribution < 1.29 is 0 Å². The highest BCUT2D eigenvalue weighted by Crippen LogP contribution is 2.29. The third-order valence-corrected chi connectivity index (χ3v) is 5.85. The maximum atomic E-state index is 12.5. The van der Waals surface area contributed by atoms with Gasteiger partial charge in [0.25, 0.3) is 5.56 Å². The van der Waals surface area contributed by atoms with Gasteiger partial charge in [0, 0.05) is 36.2 Å². The molecule has 0 unspecified atom stereocenters. The van der Waals surface area contributed by atoms with Crippen LogP contribution in [0.5, 0.6) is 0 Å². The minimum Gasteiger partial charge on any atom is -0.317 e. The normalized spacial score (nSPS) is 15.9. The summed E-state index contributed by atoms with van der Waals surface area (Å²) >= 11 is 1.46. The lowest BCUT2D eigenvalue weighted by atomic mass is 9.94. The standard InChI is InChI=1S/C18H18N6OS/c1-23-10-13-8-12(2-3-14(13)21-23)17-22-24-16(25)9-15(20-18(24)26-17)11-4-6-19-7-5-11/h2-3,8-11,19H,4-7H2,1H3.